The van der Waals surface area contributed by atoms with E-state index in [1.54, 1.807) is 0 Å². The van der Waals surface area contributed by atoms with E-state index in [1.165, 1.54) is 6.08 Å². The van der Waals surface area contributed by atoms with Crippen LogP contribution in [0.5, 0.6) is 0 Å². The van der Waals surface area contributed by atoms with Crippen molar-refractivity contribution in [3.63, 3.8) is 0 Å². The number of rotatable bonds is 4. The van der Waals surface area contributed by atoms with Gasteiger partial charge in [-0.05, 0) is 31.9 Å². The standard InChI is InChI=1S/C15H18N2O3/c1-9-6-10(2)14(11(3)7-9)16-12-8-13(19)17(4-5-18)15(12)20/h6-8,16,18H,4-5H2,1-3H3. The second-order valence-electron chi connectivity index (χ2n) is 4.98. The fraction of sp³-hybridized carbons (Fsp3) is 0.333. The Bertz CT molecular complexity index is 582. The summed E-state index contributed by atoms with van der Waals surface area (Å²) in [6, 6.07) is 4.03. The highest BCUT2D eigenvalue weighted by Crippen LogP contribution is 2.25. The number of β-amino-alcohol motifs (C(OH)–C–C–N with tert-alkyl or cyclic N) is 1. The lowest BCUT2D eigenvalue weighted by Crippen LogP contribution is -2.34. The molecular weight excluding hydrogens is 256 g/mol. The summed E-state index contributed by atoms with van der Waals surface area (Å²) in [6.45, 7) is 5.70. The molecule has 20 heavy (non-hydrogen) atoms. The molecule has 0 fully saturated rings. The summed E-state index contributed by atoms with van der Waals surface area (Å²) in [4.78, 5) is 24.8. The molecule has 0 saturated heterocycles. The fourth-order valence-electron chi connectivity index (χ4n) is 2.42. The lowest BCUT2D eigenvalue weighted by Gasteiger charge is -2.16. The number of nitrogens with zero attached hydrogens (tertiary/aromatic N) is 1. The first kappa shape index (κ1) is 14.3. The molecule has 106 valence electrons. The van der Waals surface area contributed by atoms with E-state index < -0.39 is 11.8 Å². The second kappa shape index (κ2) is 5.46. The lowest BCUT2D eigenvalue weighted by molar-refractivity contribution is -0.137. The molecule has 2 N–H and O–H groups in total. The van der Waals surface area contributed by atoms with E-state index >= 15 is 0 Å². The maximum Gasteiger partial charge on any atom is 0.277 e. The normalized spacial score (nSPS) is 14.8. The smallest absolute Gasteiger partial charge is 0.277 e. The van der Waals surface area contributed by atoms with Crippen LogP contribution < -0.4 is 5.32 Å². The Labute approximate surface area is 117 Å². The summed E-state index contributed by atoms with van der Waals surface area (Å²) in [5.41, 5.74) is 4.27. The van der Waals surface area contributed by atoms with Crippen molar-refractivity contribution in [2.24, 2.45) is 0 Å². The molecule has 0 unspecified atom stereocenters. The van der Waals surface area contributed by atoms with Gasteiger partial charge in [-0.15, -0.1) is 0 Å². The molecule has 5 heteroatoms. The number of anilines is 1. The van der Waals surface area contributed by atoms with Crippen LogP contribution in [0.4, 0.5) is 5.69 Å². The zero-order chi connectivity index (χ0) is 14.9. The molecule has 1 heterocycles. The van der Waals surface area contributed by atoms with Crippen molar-refractivity contribution in [2.75, 3.05) is 18.5 Å². The third-order valence-electron chi connectivity index (χ3n) is 3.27. The monoisotopic (exact) mass is 274 g/mol. The Balaban J connectivity index is 2.26. The highest BCUT2D eigenvalue weighted by atomic mass is 16.3. The van der Waals surface area contributed by atoms with Gasteiger partial charge in [-0.2, -0.15) is 0 Å². The highest BCUT2D eigenvalue weighted by molar-refractivity contribution is 6.17. The van der Waals surface area contributed by atoms with Gasteiger partial charge in [-0.3, -0.25) is 14.5 Å². The molecule has 0 aromatic heterocycles. The molecule has 0 spiro atoms. The minimum Gasteiger partial charge on any atom is -0.395 e. The van der Waals surface area contributed by atoms with Crippen LogP contribution in [0.3, 0.4) is 0 Å². The molecule has 5 nitrogen and oxygen atoms in total. The van der Waals surface area contributed by atoms with E-state index in [9.17, 15) is 9.59 Å². The molecule has 0 radical (unpaired) electrons. The molecule has 1 aliphatic heterocycles. The van der Waals surface area contributed by atoms with Crippen LogP contribution >= 0.6 is 0 Å². The van der Waals surface area contributed by atoms with Crippen LogP contribution in [0.25, 0.3) is 0 Å². The zero-order valence-electron chi connectivity index (χ0n) is 11.9. The molecule has 2 amide bonds. The van der Waals surface area contributed by atoms with E-state index in [0.717, 1.165) is 27.3 Å². The van der Waals surface area contributed by atoms with Crippen molar-refractivity contribution in [1.29, 1.82) is 0 Å². The number of benzene rings is 1. The number of imide groups is 1. The van der Waals surface area contributed by atoms with E-state index in [2.05, 4.69) is 5.32 Å². The van der Waals surface area contributed by atoms with Crippen molar-refractivity contribution in [3.8, 4) is 0 Å². The van der Waals surface area contributed by atoms with Crippen LogP contribution in [0.15, 0.2) is 23.9 Å². The summed E-state index contributed by atoms with van der Waals surface area (Å²) in [5.74, 6) is -0.794. The zero-order valence-corrected chi connectivity index (χ0v) is 11.9. The van der Waals surface area contributed by atoms with Crippen molar-refractivity contribution in [2.45, 2.75) is 20.8 Å². The molecular formula is C15H18N2O3. The molecule has 1 aromatic carbocycles. The van der Waals surface area contributed by atoms with E-state index in [0.29, 0.717) is 0 Å². The van der Waals surface area contributed by atoms with Crippen molar-refractivity contribution in [1.82, 2.24) is 4.90 Å². The summed E-state index contributed by atoms with van der Waals surface area (Å²) in [7, 11) is 0. The van der Waals surface area contributed by atoms with Gasteiger partial charge < -0.3 is 10.4 Å². The molecule has 0 bridgehead atoms. The predicted octanol–water partition coefficient (Wildman–Crippen LogP) is 1.27. The van der Waals surface area contributed by atoms with Crippen LogP contribution in [0.1, 0.15) is 16.7 Å². The summed E-state index contributed by atoms with van der Waals surface area (Å²) < 4.78 is 0. The number of carbonyl (C=O) groups is 2. The third-order valence-corrected chi connectivity index (χ3v) is 3.27. The van der Waals surface area contributed by atoms with E-state index in [-0.39, 0.29) is 18.8 Å². The largest absolute Gasteiger partial charge is 0.395 e. The number of aliphatic hydroxyl groups is 1. The van der Waals surface area contributed by atoms with Crippen LogP contribution in [-0.2, 0) is 9.59 Å². The lowest BCUT2D eigenvalue weighted by atomic mass is 10.0. The highest BCUT2D eigenvalue weighted by Gasteiger charge is 2.30. The van der Waals surface area contributed by atoms with Crippen molar-refractivity contribution in [3.05, 3.63) is 40.6 Å². The average molecular weight is 274 g/mol. The molecule has 1 aromatic rings. The maximum absolute atomic E-state index is 12.1. The molecule has 2 rings (SSSR count). The first-order chi connectivity index (χ1) is 9.43. The topological polar surface area (TPSA) is 69.6 Å². The van der Waals surface area contributed by atoms with E-state index in [1.807, 2.05) is 32.9 Å². The maximum atomic E-state index is 12.1. The molecule has 0 atom stereocenters. The first-order valence-electron chi connectivity index (χ1n) is 6.47. The van der Waals surface area contributed by atoms with Gasteiger partial charge >= 0.3 is 0 Å². The number of aliphatic hydroxyl groups excluding tert-OH is 1. The number of hydrogen-bond acceptors (Lipinski definition) is 4. The minimum absolute atomic E-state index is 0.0191. The molecule has 0 aliphatic carbocycles. The number of carbonyl (C=O) groups excluding carboxylic acids is 2. The SMILES string of the molecule is Cc1cc(C)c(NC2=CC(=O)N(CCO)C2=O)c(C)c1. The Kier molecular flexibility index (Phi) is 3.90. The third kappa shape index (κ3) is 2.58. The van der Waals surface area contributed by atoms with Crippen molar-refractivity contribution >= 4 is 17.5 Å². The second-order valence-corrected chi connectivity index (χ2v) is 4.98. The Hall–Kier alpha value is -2.14. The van der Waals surface area contributed by atoms with Gasteiger partial charge in [-0.1, -0.05) is 17.7 Å². The quantitative estimate of drug-likeness (QED) is 0.811. The van der Waals surface area contributed by atoms with Gasteiger partial charge in [0, 0.05) is 11.8 Å². The Morgan fingerprint density at radius 1 is 1.15 bits per heavy atom. The van der Waals surface area contributed by atoms with Crippen LogP contribution in [0, 0.1) is 20.8 Å². The Morgan fingerprint density at radius 2 is 1.75 bits per heavy atom. The van der Waals surface area contributed by atoms with Gasteiger partial charge in [0.05, 0.1) is 13.2 Å². The average Bonchev–Trinajstić information content (AvgIpc) is 2.62. The first-order valence-corrected chi connectivity index (χ1v) is 6.47. The summed E-state index contributed by atoms with van der Waals surface area (Å²) >= 11 is 0. The number of aryl methyl sites for hydroxylation is 3. The fourth-order valence-corrected chi connectivity index (χ4v) is 2.42. The van der Waals surface area contributed by atoms with Gasteiger partial charge in [0.2, 0.25) is 0 Å². The Morgan fingerprint density at radius 3 is 2.30 bits per heavy atom. The number of amides is 2. The molecule has 1 aliphatic rings. The minimum atomic E-state index is -0.400. The van der Waals surface area contributed by atoms with Gasteiger partial charge in [0.1, 0.15) is 5.70 Å². The predicted molar refractivity (Wildman–Crippen MR) is 76.2 cm³/mol. The molecule has 0 saturated carbocycles. The number of nitrogens with one attached hydrogen (secondary N) is 1. The van der Waals surface area contributed by atoms with Crippen LogP contribution in [0.2, 0.25) is 0 Å². The van der Waals surface area contributed by atoms with Crippen LogP contribution in [-0.4, -0.2) is 35.0 Å². The van der Waals surface area contributed by atoms with E-state index in [4.69, 9.17) is 5.11 Å². The van der Waals surface area contributed by atoms with Gasteiger partial charge in [0.25, 0.3) is 11.8 Å². The van der Waals surface area contributed by atoms with Gasteiger partial charge in [-0.25, -0.2) is 0 Å². The summed E-state index contributed by atoms with van der Waals surface area (Å²) in [5, 5.41) is 11.9. The van der Waals surface area contributed by atoms with Gasteiger partial charge in [0.15, 0.2) is 0 Å². The number of hydrogen-bond donors (Lipinski definition) is 2. The summed E-state index contributed by atoms with van der Waals surface area (Å²) in [6.07, 6.45) is 1.27. The van der Waals surface area contributed by atoms with Crippen molar-refractivity contribution < 1.29 is 14.7 Å².